The zero-order valence-corrected chi connectivity index (χ0v) is 11.5. The van der Waals surface area contributed by atoms with Crippen LogP contribution in [0.15, 0.2) is 18.5 Å². The summed E-state index contributed by atoms with van der Waals surface area (Å²) in [5.74, 6) is 1.52. The van der Waals surface area contributed by atoms with E-state index < -0.39 is 0 Å². The van der Waals surface area contributed by atoms with E-state index in [0.717, 1.165) is 50.3 Å². The number of aromatic nitrogens is 2. The van der Waals surface area contributed by atoms with Gasteiger partial charge >= 0.3 is 0 Å². The first-order valence-corrected chi connectivity index (χ1v) is 7.52. The number of nitrogens with zero attached hydrogens (tertiary/aromatic N) is 2. The maximum atomic E-state index is 12.8. The van der Waals surface area contributed by atoms with Gasteiger partial charge in [0.05, 0.1) is 12.0 Å². The quantitative estimate of drug-likeness (QED) is 0.750. The summed E-state index contributed by atoms with van der Waals surface area (Å²) >= 11 is 0. The molecule has 5 nitrogen and oxygen atoms in total. The molecule has 3 atom stereocenters. The van der Waals surface area contributed by atoms with Crippen LogP contribution in [0.2, 0.25) is 0 Å². The van der Waals surface area contributed by atoms with Gasteiger partial charge in [-0.25, -0.2) is 4.98 Å². The average Bonchev–Trinajstić information content (AvgIpc) is 3.12. The van der Waals surface area contributed by atoms with E-state index in [1.165, 1.54) is 0 Å². The molecule has 1 amide bonds. The Balaban J connectivity index is 1.52. The second-order valence-corrected chi connectivity index (χ2v) is 6.11. The topological polar surface area (TPSA) is 61.0 Å². The van der Waals surface area contributed by atoms with E-state index in [1.54, 1.807) is 6.33 Å². The molecule has 106 valence electrons. The molecule has 3 aliphatic rings. The van der Waals surface area contributed by atoms with Crippen molar-refractivity contribution in [2.75, 3.05) is 19.6 Å². The van der Waals surface area contributed by atoms with Gasteiger partial charge in [-0.2, -0.15) is 0 Å². The summed E-state index contributed by atoms with van der Waals surface area (Å²) in [5.41, 5.74) is 2.01. The van der Waals surface area contributed by atoms with Gasteiger partial charge in [0.2, 0.25) is 5.91 Å². The number of hydrogen-bond donors (Lipinski definition) is 2. The van der Waals surface area contributed by atoms with Crippen molar-refractivity contribution in [1.29, 1.82) is 0 Å². The standard InChI is InChI=1S/C15H20N4O/c20-15(14-13-12(5-6-16-14)17-9-18-13)19-7-10-3-1-2-4-11(10)8-19/h1-2,9-11,14,16H,3-8H2,(H,17,18)/t10-,11+,14?. The van der Waals surface area contributed by atoms with Crippen LogP contribution in [0.5, 0.6) is 0 Å². The third-order valence-electron chi connectivity index (χ3n) is 4.93. The second-order valence-electron chi connectivity index (χ2n) is 6.11. The number of rotatable bonds is 1. The predicted octanol–water partition coefficient (Wildman–Crippen LogP) is 1.02. The fourth-order valence-corrected chi connectivity index (χ4v) is 3.80. The van der Waals surface area contributed by atoms with E-state index in [1.807, 2.05) is 4.90 Å². The molecule has 1 aromatic heterocycles. The third kappa shape index (κ3) is 1.88. The number of hydrogen-bond acceptors (Lipinski definition) is 3. The minimum Gasteiger partial charge on any atom is -0.348 e. The highest BCUT2D eigenvalue weighted by Crippen LogP contribution is 2.34. The van der Waals surface area contributed by atoms with Crippen LogP contribution in [0.25, 0.3) is 0 Å². The highest BCUT2D eigenvalue weighted by Gasteiger charge is 2.39. The molecule has 1 unspecified atom stereocenters. The summed E-state index contributed by atoms with van der Waals surface area (Å²) in [6.07, 6.45) is 9.40. The Morgan fingerprint density at radius 2 is 2.00 bits per heavy atom. The van der Waals surface area contributed by atoms with Crippen molar-refractivity contribution >= 4 is 5.91 Å². The van der Waals surface area contributed by atoms with E-state index in [-0.39, 0.29) is 11.9 Å². The van der Waals surface area contributed by atoms with Crippen LogP contribution < -0.4 is 5.32 Å². The van der Waals surface area contributed by atoms with Crippen molar-refractivity contribution in [3.8, 4) is 0 Å². The normalized spacial score (nSPS) is 32.0. The summed E-state index contributed by atoms with van der Waals surface area (Å²) < 4.78 is 0. The molecule has 4 rings (SSSR count). The Morgan fingerprint density at radius 3 is 2.75 bits per heavy atom. The molecule has 2 aliphatic heterocycles. The van der Waals surface area contributed by atoms with Crippen LogP contribution in [-0.2, 0) is 11.2 Å². The fourth-order valence-electron chi connectivity index (χ4n) is 3.80. The number of aromatic amines is 1. The molecular weight excluding hydrogens is 252 g/mol. The van der Waals surface area contributed by atoms with Gasteiger partial charge in [-0.1, -0.05) is 12.2 Å². The van der Waals surface area contributed by atoms with Gasteiger partial charge in [-0.3, -0.25) is 4.79 Å². The molecule has 0 aromatic carbocycles. The Bertz CT molecular complexity index is 534. The molecule has 0 bridgehead atoms. The second kappa shape index (κ2) is 4.74. The number of carbonyl (C=O) groups excluding carboxylic acids is 1. The third-order valence-corrected chi connectivity index (χ3v) is 4.93. The maximum absolute atomic E-state index is 12.8. The molecule has 3 heterocycles. The van der Waals surface area contributed by atoms with Gasteiger partial charge in [0.15, 0.2) is 0 Å². The number of imidazole rings is 1. The van der Waals surface area contributed by atoms with Crippen molar-refractivity contribution in [3.05, 3.63) is 29.9 Å². The highest BCUT2D eigenvalue weighted by molar-refractivity contribution is 5.83. The van der Waals surface area contributed by atoms with Crippen LogP contribution in [-0.4, -0.2) is 40.4 Å². The first-order chi connectivity index (χ1) is 9.83. The first kappa shape index (κ1) is 12.1. The summed E-state index contributed by atoms with van der Waals surface area (Å²) in [7, 11) is 0. The SMILES string of the molecule is O=C(C1NCCc2[nH]cnc21)N1C[C@H]2CC=CC[C@H]2C1. The molecule has 1 fully saturated rings. The molecule has 0 spiro atoms. The van der Waals surface area contributed by atoms with Gasteiger partial charge in [0.25, 0.3) is 0 Å². The van der Waals surface area contributed by atoms with Gasteiger partial charge in [0.1, 0.15) is 6.04 Å². The molecular formula is C15H20N4O. The lowest BCUT2D eigenvalue weighted by atomic mass is 9.86. The largest absolute Gasteiger partial charge is 0.348 e. The van der Waals surface area contributed by atoms with E-state index in [4.69, 9.17) is 0 Å². The predicted molar refractivity (Wildman–Crippen MR) is 75.0 cm³/mol. The smallest absolute Gasteiger partial charge is 0.246 e. The van der Waals surface area contributed by atoms with Gasteiger partial charge < -0.3 is 15.2 Å². The lowest BCUT2D eigenvalue weighted by Gasteiger charge is -2.27. The van der Waals surface area contributed by atoms with Crippen molar-refractivity contribution in [3.63, 3.8) is 0 Å². The zero-order chi connectivity index (χ0) is 13.5. The molecule has 0 saturated carbocycles. The lowest BCUT2D eigenvalue weighted by Crippen LogP contribution is -2.43. The van der Waals surface area contributed by atoms with Crippen LogP contribution in [0.3, 0.4) is 0 Å². The molecule has 20 heavy (non-hydrogen) atoms. The van der Waals surface area contributed by atoms with Crippen molar-refractivity contribution in [1.82, 2.24) is 20.2 Å². The number of amides is 1. The van der Waals surface area contributed by atoms with E-state index in [2.05, 4.69) is 27.4 Å². The number of allylic oxidation sites excluding steroid dienone is 2. The average molecular weight is 272 g/mol. The summed E-state index contributed by atoms with van der Waals surface area (Å²) in [6, 6.07) is -0.252. The van der Waals surface area contributed by atoms with Crippen molar-refractivity contribution in [2.45, 2.75) is 25.3 Å². The summed E-state index contributed by atoms with van der Waals surface area (Å²) in [5, 5.41) is 3.33. The molecule has 5 heteroatoms. The fraction of sp³-hybridized carbons (Fsp3) is 0.600. The minimum absolute atomic E-state index is 0.201. The van der Waals surface area contributed by atoms with E-state index >= 15 is 0 Å². The van der Waals surface area contributed by atoms with Gasteiger partial charge in [0, 0.05) is 31.7 Å². The zero-order valence-electron chi connectivity index (χ0n) is 11.5. The van der Waals surface area contributed by atoms with Gasteiger partial charge in [-0.15, -0.1) is 0 Å². The van der Waals surface area contributed by atoms with Crippen LogP contribution >= 0.6 is 0 Å². The van der Waals surface area contributed by atoms with Crippen LogP contribution in [0, 0.1) is 11.8 Å². The van der Waals surface area contributed by atoms with E-state index in [0.29, 0.717) is 11.8 Å². The van der Waals surface area contributed by atoms with Crippen molar-refractivity contribution < 1.29 is 4.79 Å². The molecule has 2 N–H and O–H groups in total. The Hall–Kier alpha value is -1.62. The number of fused-ring (bicyclic) bond motifs is 2. The Labute approximate surface area is 118 Å². The first-order valence-electron chi connectivity index (χ1n) is 7.52. The van der Waals surface area contributed by atoms with Crippen molar-refractivity contribution in [2.24, 2.45) is 11.8 Å². The maximum Gasteiger partial charge on any atom is 0.246 e. The molecule has 1 aliphatic carbocycles. The van der Waals surface area contributed by atoms with Crippen LogP contribution in [0.4, 0.5) is 0 Å². The number of nitrogens with one attached hydrogen (secondary N) is 2. The molecule has 1 aromatic rings. The lowest BCUT2D eigenvalue weighted by molar-refractivity contribution is -0.133. The van der Waals surface area contributed by atoms with Gasteiger partial charge in [-0.05, 0) is 24.7 Å². The highest BCUT2D eigenvalue weighted by atomic mass is 16.2. The number of likely N-dealkylation sites (tertiary alicyclic amines) is 1. The monoisotopic (exact) mass is 272 g/mol. The summed E-state index contributed by atoms with van der Waals surface area (Å²) in [4.78, 5) is 22.3. The summed E-state index contributed by atoms with van der Waals surface area (Å²) in [6.45, 7) is 2.66. The van der Waals surface area contributed by atoms with E-state index in [9.17, 15) is 4.79 Å². The van der Waals surface area contributed by atoms with Crippen LogP contribution in [0.1, 0.15) is 30.3 Å². The number of carbonyl (C=O) groups is 1. The molecule has 0 radical (unpaired) electrons. The number of H-pyrrole nitrogens is 1. The molecule has 1 saturated heterocycles. The Morgan fingerprint density at radius 1 is 1.25 bits per heavy atom. The Kier molecular flexibility index (Phi) is 2.88. The minimum atomic E-state index is -0.252.